The summed E-state index contributed by atoms with van der Waals surface area (Å²) in [4.78, 5) is 36.5. The number of fused-ring (bicyclic) bond motifs is 2. The van der Waals surface area contributed by atoms with Gasteiger partial charge in [-0.05, 0) is 69.2 Å². The Labute approximate surface area is 184 Å². The van der Waals surface area contributed by atoms with Gasteiger partial charge in [-0.25, -0.2) is 4.79 Å². The molecule has 4 rings (SSSR count). The highest BCUT2D eigenvalue weighted by Crippen LogP contribution is 2.34. The molecule has 7 heteroatoms. The van der Waals surface area contributed by atoms with Crippen LogP contribution in [0, 0.1) is 27.7 Å². The van der Waals surface area contributed by atoms with Crippen molar-refractivity contribution >= 4 is 45.1 Å². The minimum absolute atomic E-state index is 0.113. The van der Waals surface area contributed by atoms with E-state index in [-0.39, 0.29) is 18.2 Å². The minimum atomic E-state index is -0.534. The van der Waals surface area contributed by atoms with E-state index >= 15 is 0 Å². The summed E-state index contributed by atoms with van der Waals surface area (Å²) in [6.07, 6.45) is -0.113. The van der Waals surface area contributed by atoms with Crippen molar-refractivity contribution in [1.82, 2.24) is 0 Å². The van der Waals surface area contributed by atoms with Gasteiger partial charge in [0.05, 0.1) is 12.0 Å². The number of anilines is 2. The van der Waals surface area contributed by atoms with Gasteiger partial charge in [-0.3, -0.25) is 9.59 Å². The van der Waals surface area contributed by atoms with Crippen molar-refractivity contribution in [2.24, 2.45) is 0 Å². The normalized spacial score (nSPS) is 11.2. The fraction of sp³-hybridized carbons (Fsp3) is 0.240. The molecule has 0 fully saturated rings. The van der Waals surface area contributed by atoms with E-state index in [1.807, 2.05) is 33.8 Å². The molecule has 0 atom stereocenters. The molecule has 2 N–H and O–H groups in total. The summed E-state index contributed by atoms with van der Waals surface area (Å²) >= 11 is 0. The molecule has 0 bridgehead atoms. The molecule has 0 spiro atoms. The maximum atomic E-state index is 12.7. The number of benzene rings is 2. The Kier molecular flexibility index (Phi) is 5.34. The summed E-state index contributed by atoms with van der Waals surface area (Å²) in [6.45, 7) is 9.02. The van der Waals surface area contributed by atoms with Crippen LogP contribution in [0.5, 0.6) is 0 Å². The first-order chi connectivity index (χ1) is 15.2. The fourth-order valence-electron chi connectivity index (χ4n) is 3.90. The standard InChI is InChI=1S/C25H24N2O5/c1-12-15(4)31-23-14(3)24-20(10-19(12)23)13(2)21(25(30)32-24)11-22(29)27-18-8-6-17(7-9-18)26-16(5)28/h6-10H,11H2,1-5H3,(H,26,28)(H,27,29). The van der Waals surface area contributed by atoms with Gasteiger partial charge >= 0.3 is 5.63 Å². The number of hydrogen-bond acceptors (Lipinski definition) is 5. The summed E-state index contributed by atoms with van der Waals surface area (Å²) in [5, 5.41) is 7.21. The van der Waals surface area contributed by atoms with Gasteiger partial charge in [0.15, 0.2) is 0 Å². The van der Waals surface area contributed by atoms with Crippen LogP contribution in [-0.4, -0.2) is 11.8 Å². The average molecular weight is 432 g/mol. The monoisotopic (exact) mass is 432 g/mol. The maximum absolute atomic E-state index is 12.7. The van der Waals surface area contributed by atoms with Crippen molar-refractivity contribution in [2.45, 2.75) is 41.0 Å². The number of amides is 2. The van der Waals surface area contributed by atoms with Crippen LogP contribution in [0.15, 0.2) is 44.0 Å². The smallest absolute Gasteiger partial charge is 0.340 e. The topological polar surface area (TPSA) is 102 Å². The van der Waals surface area contributed by atoms with Gasteiger partial charge < -0.3 is 19.5 Å². The summed E-state index contributed by atoms with van der Waals surface area (Å²) < 4.78 is 11.5. The van der Waals surface area contributed by atoms with Crippen molar-refractivity contribution in [3.05, 3.63) is 68.8 Å². The van der Waals surface area contributed by atoms with Gasteiger partial charge in [-0.15, -0.1) is 0 Å². The van der Waals surface area contributed by atoms with E-state index < -0.39 is 5.63 Å². The molecule has 0 aliphatic heterocycles. The van der Waals surface area contributed by atoms with Crippen LogP contribution >= 0.6 is 0 Å². The maximum Gasteiger partial charge on any atom is 0.340 e. The van der Waals surface area contributed by atoms with E-state index in [9.17, 15) is 14.4 Å². The van der Waals surface area contributed by atoms with Crippen molar-refractivity contribution in [1.29, 1.82) is 0 Å². The van der Waals surface area contributed by atoms with E-state index in [0.717, 1.165) is 33.2 Å². The van der Waals surface area contributed by atoms with Crippen LogP contribution in [0.25, 0.3) is 21.9 Å². The van der Waals surface area contributed by atoms with E-state index in [4.69, 9.17) is 8.83 Å². The summed E-state index contributed by atoms with van der Waals surface area (Å²) in [5.74, 6) is 0.316. The van der Waals surface area contributed by atoms with Crippen LogP contribution in [0.2, 0.25) is 0 Å². The van der Waals surface area contributed by atoms with Crippen LogP contribution in [0.3, 0.4) is 0 Å². The largest absolute Gasteiger partial charge is 0.461 e. The second kappa shape index (κ2) is 8.00. The molecule has 32 heavy (non-hydrogen) atoms. The second-order valence-electron chi connectivity index (χ2n) is 8.01. The minimum Gasteiger partial charge on any atom is -0.461 e. The van der Waals surface area contributed by atoms with Gasteiger partial charge in [0, 0.05) is 34.6 Å². The Bertz CT molecular complexity index is 1440. The van der Waals surface area contributed by atoms with E-state index in [2.05, 4.69) is 10.6 Å². The lowest BCUT2D eigenvalue weighted by molar-refractivity contribution is -0.116. The highest BCUT2D eigenvalue weighted by Gasteiger charge is 2.20. The number of carbonyl (C=O) groups excluding carboxylic acids is 2. The number of carbonyl (C=O) groups is 2. The zero-order chi connectivity index (χ0) is 23.2. The number of hydrogen-bond donors (Lipinski definition) is 2. The lowest BCUT2D eigenvalue weighted by atomic mass is 9.98. The van der Waals surface area contributed by atoms with Crippen LogP contribution in [0.4, 0.5) is 11.4 Å². The molecule has 7 nitrogen and oxygen atoms in total. The predicted molar refractivity (Wildman–Crippen MR) is 124 cm³/mol. The fourth-order valence-corrected chi connectivity index (χ4v) is 3.90. The highest BCUT2D eigenvalue weighted by molar-refractivity contribution is 6.01. The first-order valence-corrected chi connectivity index (χ1v) is 10.3. The third kappa shape index (κ3) is 3.77. The average Bonchev–Trinajstić information content (AvgIpc) is 3.02. The molecular weight excluding hydrogens is 408 g/mol. The third-order valence-corrected chi connectivity index (χ3v) is 5.77. The molecular formula is C25H24N2O5. The molecule has 2 amide bonds. The van der Waals surface area contributed by atoms with Gasteiger partial charge in [0.25, 0.3) is 0 Å². The molecule has 2 aromatic heterocycles. The summed E-state index contributed by atoms with van der Waals surface area (Å²) in [6, 6.07) is 8.71. The van der Waals surface area contributed by atoms with Gasteiger partial charge in [0.1, 0.15) is 16.9 Å². The van der Waals surface area contributed by atoms with Crippen molar-refractivity contribution in [2.75, 3.05) is 10.6 Å². The first kappa shape index (κ1) is 21.4. The number of furan rings is 1. The molecule has 2 heterocycles. The number of aryl methyl sites for hydroxylation is 4. The zero-order valence-electron chi connectivity index (χ0n) is 18.6. The Hall–Kier alpha value is -3.87. The van der Waals surface area contributed by atoms with Crippen molar-refractivity contribution in [3.63, 3.8) is 0 Å². The Morgan fingerprint density at radius 2 is 1.38 bits per heavy atom. The molecule has 164 valence electrons. The molecule has 4 aromatic rings. The second-order valence-corrected chi connectivity index (χ2v) is 8.01. The van der Waals surface area contributed by atoms with Crippen molar-refractivity contribution in [3.8, 4) is 0 Å². The van der Waals surface area contributed by atoms with E-state index in [1.165, 1.54) is 6.92 Å². The third-order valence-electron chi connectivity index (χ3n) is 5.77. The summed E-state index contributed by atoms with van der Waals surface area (Å²) in [5.41, 5.74) is 4.70. The zero-order valence-corrected chi connectivity index (χ0v) is 18.6. The molecule has 0 radical (unpaired) electrons. The van der Waals surface area contributed by atoms with Gasteiger partial charge in [-0.1, -0.05) is 0 Å². The Morgan fingerprint density at radius 1 is 0.812 bits per heavy atom. The molecule has 2 aromatic carbocycles. The molecule has 0 aliphatic rings. The molecule has 0 aliphatic carbocycles. The number of nitrogens with one attached hydrogen (secondary N) is 2. The Balaban J connectivity index is 1.66. The van der Waals surface area contributed by atoms with Gasteiger partial charge in [0.2, 0.25) is 11.8 Å². The van der Waals surface area contributed by atoms with Crippen LogP contribution in [-0.2, 0) is 16.0 Å². The molecule has 0 unspecified atom stereocenters. The molecule has 0 saturated heterocycles. The summed E-state index contributed by atoms with van der Waals surface area (Å²) in [7, 11) is 0. The molecule has 0 saturated carbocycles. The van der Waals surface area contributed by atoms with E-state index in [1.54, 1.807) is 24.3 Å². The van der Waals surface area contributed by atoms with Crippen LogP contribution in [0.1, 0.15) is 34.9 Å². The first-order valence-electron chi connectivity index (χ1n) is 10.3. The predicted octanol–water partition coefficient (Wildman–Crippen LogP) is 4.91. The lowest BCUT2D eigenvalue weighted by Gasteiger charge is -2.11. The SMILES string of the molecule is CC(=O)Nc1ccc(NC(=O)Cc2c(C)c3cc4c(C)c(C)oc4c(C)c3oc2=O)cc1. The quantitative estimate of drug-likeness (QED) is 0.446. The highest BCUT2D eigenvalue weighted by atomic mass is 16.4. The Morgan fingerprint density at radius 3 is 2.00 bits per heavy atom. The van der Waals surface area contributed by atoms with Crippen LogP contribution < -0.4 is 16.3 Å². The lowest BCUT2D eigenvalue weighted by Crippen LogP contribution is -2.20. The van der Waals surface area contributed by atoms with E-state index in [0.29, 0.717) is 28.1 Å². The van der Waals surface area contributed by atoms with Crippen molar-refractivity contribution < 1.29 is 18.4 Å². The van der Waals surface area contributed by atoms with Gasteiger partial charge in [-0.2, -0.15) is 0 Å². The number of rotatable bonds is 4.